The van der Waals surface area contributed by atoms with Crippen LogP contribution in [-0.2, 0) is 10.0 Å². The molecule has 1 amide bonds. The van der Waals surface area contributed by atoms with Crippen LogP contribution in [0.1, 0.15) is 44.5 Å². The van der Waals surface area contributed by atoms with Crippen LogP contribution in [0.25, 0.3) is 0 Å². The van der Waals surface area contributed by atoms with E-state index in [-0.39, 0.29) is 22.9 Å². The Morgan fingerprint density at radius 2 is 1.90 bits per heavy atom. The van der Waals surface area contributed by atoms with Gasteiger partial charge in [-0.3, -0.25) is 4.79 Å². The molecule has 1 atom stereocenters. The van der Waals surface area contributed by atoms with E-state index in [1.807, 2.05) is 13.8 Å². The number of amides is 1. The van der Waals surface area contributed by atoms with Crippen LogP contribution in [0.15, 0.2) is 29.2 Å². The van der Waals surface area contributed by atoms with Crippen molar-refractivity contribution in [1.29, 1.82) is 0 Å². The lowest BCUT2D eigenvalue weighted by molar-refractivity contribution is 0.0939. The Labute approximate surface area is 127 Å². The highest BCUT2D eigenvalue weighted by molar-refractivity contribution is 7.89. The highest BCUT2D eigenvalue weighted by atomic mass is 32.2. The molecule has 1 unspecified atom stereocenters. The number of hydrogen-bond donors (Lipinski definition) is 1. The molecule has 0 heterocycles. The van der Waals surface area contributed by atoms with Gasteiger partial charge in [-0.15, -0.1) is 0 Å². The molecule has 1 aromatic rings. The van der Waals surface area contributed by atoms with E-state index in [9.17, 15) is 13.2 Å². The maximum absolute atomic E-state index is 12.4. The molecule has 1 rings (SSSR count). The molecule has 0 aliphatic rings. The Hall–Kier alpha value is -1.40. The fourth-order valence-corrected chi connectivity index (χ4v) is 3.06. The third kappa shape index (κ3) is 4.28. The van der Waals surface area contributed by atoms with Gasteiger partial charge in [-0.2, -0.15) is 4.31 Å². The fraction of sp³-hybridized carbons (Fsp3) is 0.533. The summed E-state index contributed by atoms with van der Waals surface area (Å²) in [7, 11) is -2.04. The van der Waals surface area contributed by atoms with Crippen LogP contribution < -0.4 is 5.32 Å². The zero-order chi connectivity index (χ0) is 16.2. The lowest BCUT2D eigenvalue weighted by Crippen LogP contribution is -2.34. The standard InChI is InChI=1S/C15H24N2O3S/c1-6-12(4)16-15(18)13-8-7-9-14(10-13)21(19,20)17(5)11(2)3/h7-12H,6H2,1-5H3,(H,16,18). The van der Waals surface area contributed by atoms with E-state index in [4.69, 9.17) is 0 Å². The molecule has 0 radical (unpaired) electrons. The van der Waals surface area contributed by atoms with Crippen LogP contribution in [0.2, 0.25) is 0 Å². The third-order valence-corrected chi connectivity index (χ3v) is 5.52. The molecule has 1 N–H and O–H groups in total. The van der Waals surface area contributed by atoms with Crippen molar-refractivity contribution in [2.75, 3.05) is 7.05 Å². The summed E-state index contributed by atoms with van der Waals surface area (Å²) in [5.41, 5.74) is 0.355. The van der Waals surface area contributed by atoms with E-state index < -0.39 is 10.0 Å². The molecular weight excluding hydrogens is 288 g/mol. The van der Waals surface area contributed by atoms with Crippen LogP contribution in [0, 0.1) is 0 Å². The Balaban J connectivity index is 3.09. The van der Waals surface area contributed by atoms with Crippen LogP contribution in [0.5, 0.6) is 0 Å². The minimum atomic E-state index is -3.57. The van der Waals surface area contributed by atoms with Gasteiger partial charge in [-0.05, 0) is 45.4 Å². The summed E-state index contributed by atoms with van der Waals surface area (Å²) in [6, 6.07) is 6.04. The van der Waals surface area contributed by atoms with Crippen molar-refractivity contribution < 1.29 is 13.2 Å². The van der Waals surface area contributed by atoms with Crippen LogP contribution >= 0.6 is 0 Å². The highest BCUT2D eigenvalue weighted by Gasteiger charge is 2.24. The SMILES string of the molecule is CCC(C)NC(=O)c1cccc(S(=O)(=O)N(C)C(C)C)c1. The van der Waals surface area contributed by atoms with E-state index in [0.29, 0.717) is 5.56 Å². The maximum atomic E-state index is 12.4. The molecular formula is C15H24N2O3S. The van der Waals surface area contributed by atoms with Crippen molar-refractivity contribution in [3.05, 3.63) is 29.8 Å². The first-order valence-electron chi connectivity index (χ1n) is 7.09. The van der Waals surface area contributed by atoms with E-state index in [1.165, 1.54) is 23.5 Å². The number of nitrogens with one attached hydrogen (secondary N) is 1. The Bertz CT molecular complexity index is 597. The molecule has 0 bridgehead atoms. The van der Waals surface area contributed by atoms with Crippen LogP contribution in [-0.4, -0.2) is 37.8 Å². The Morgan fingerprint density at radius 1 is 1.29 bits per heavy atom. The number of hydrogen-bond acceptors (Lipinski definition) is 3. The largest absolute Gasteiger partial charge is 0.350 e. The maximum Gasteiger partial charge on any atom is 0.251 e. The highest BCUT2D eigenvalue weighted by Crippen LogP contribution is 2.18. The third-order valence-electron chi connectivity index (χ3n) is 3.49. The van der Waals surface area contributed by atoms with Crippen molar-refractivity contribution in [3.63, 3.8) is 0 Å². The predicted molar refractivity (Wildman–Crippen MR) is 83.7 cm³/mol. The molecule has 0 aliphatic carbocycles. The van der Waals surface area contributed by atoms with Crippen molar-refractivity contribution in [2.45, 2.75) is 51.1 Å². The molecule has 0 spiro atoms. The van der Waals surface area contributed by atoms with Crippen molar-refractivity contribution in [3.8, 4) is 0 Å². The molecule has 21 heavy (non-hydrogen) atoms. The first-order chi connectivity index (χ1) is 9.70. The van der Waals surface area contributed by atoms with Gasteiger partial charge in [-0.1, -0.05) is 13.0 Å². The lowest BCUT2D eigenvalue weighted by Gasteiger charge is -2.21. The van der Waals surface area contributed by atoms with E-state index in [1.54, 1.807) is 26.0 Å². The topological polar surface area (TPSA) is 66.5 Å². The summed E-state index contributed by atoms with van der Waals surface area (Å²) >= 11 is 0. The number of benzene rings is 1. The number of carbonyl (C=O) groups is 1. The van der Waals surface area contributed by atoms with E-state index in [0.717, 1.165) is 6.42 Å². The molecule has 0 aromatic heterocycles. The quantitative estimate of drug-likeness (QED) is 0.876. The van der Waals surface area contributed by atoms with Gasteiger partial charge >= 0.3 is 0 Å². The molecule has 118 valence electrons. The molecule has 0 saturated carbocycles. The minimum Gasteiger partial charge on any atom is -0.350 e. The van der Waals surface area contributed by atoms with E-state index in [2.05, 4.69) is 5.32 Å². The molecule has 0 aliphatic heterocycles. The Morgan fingerprint density at radius 3 is 2.43 bits per heavy atom. The van der Waals surface area contributed by atoms with Crippen LogP contribution in [0.4, 0.5) is 0 Å². The molecule has 1 aromatic carbocycles. The van der Waals surface area contributed by atoms with Crippen LogP contribution in [0.3, 0.4) is 0 Å². The number of carbonyl (C=O) groups excluding carboxylic acids is 1. The second kappa shape index (κ2) is 7.04. The van der Waals surface area contributed by atoms with Crippen molar-refractivity contribution >= 4 is 15.9 Å². The minimum absolute atomic E-state index is 0.0519. The summed E-state index contributed by atoms with van der Waals surface area (Å²) in [5.74, 6) is -0.256. The zero-order valence-corrected chi connectivity index (χ0v) is 14.1. The van der Waals surface area contributed by atoms with Crippen molar-refractivity contribution in [2.24, 2.45) is 0 Å². The van der Waals surface area contributed by atoms with E-state index >= 15 is 0 Å². The van der Waals surface area contributed by atoms with Gasteiger partial charge in [0.25, 0.3) is 5.91 Å². The van der Waals surface area contributed by atoms with Crippen molar-refractivity contribution in [1.82, 2.24) is 9.62 Å². The normalized spacial score (nSPS) is 13.5. The average Bonchev–Trinajstić information content (AvgIpc) is 2.46. The van der Waals surface area contributed by atoms with Gasteiger partial charge in [0.05, 0.1) is 4.90 Å². The summed E-state index contributed by atoms with van der Waals surface area (Å²) in [6.07, 6.45) is 0.819. The zero-order valence-electron chi connectivity index (χ0n) is 13.3. The molecule has 0 fully saturated rings. The van der Waals surface area contributed by atoms with Gasteiger partial charge in [0.15, 0.2) is 0 Å². The van der Waals surface area contributed by atoms with Gasteiger partial charge < -0.3 is 5.32 Å². The second-order valence-electron chi connectivity index (χ2n) is 5.43. The number of sulfonamides is 1. The molecule has 5 nitrogen and oxygen atoms in total. The molecule has 0 saturated heterocycles. The van der Waals surface area contributed by atoms with Gasteiger partial charge in [0.1, 0.15) is 0 Å². The lowest BCUT2D eigenvalue weighted by atomic mass is 10.2. The number of nitrogens with zero attached hydrogens (tertiary/aromatic N) is 1. The predicted octanol–water partition coefficient (Wildman–Crippen LogP) is 2.24. The molecule has 6 heteroatoms. The smallest absolute Gasteiger partial charge is 0.251 e. The second-order valence-corrected chi connectivity index (χ2v) is 7.42. The van der Waals surface area contributed by atoms with Gasteiger partial charge in [-0.25, -0.2) is 8.42 Å². The first kappa shape index (κ1) is 17.7. The first-order valence-corrected chi connectivity index (χ1v) is 8.53. The van der Waals surface area contributed by atoms with Gasteiger partial charge in [0.2, 0.25) is 10.0 Å². The summed E-state index contributed by atoms with van der Waals surface area (Å²) in [5, 5.41) is 2.83. The number of rotatable bonds is 6. The summed E-state index contributed by atoms with van der Waals surface area (Å²) in [6.45, 7) is 7.49. The fourth-order valence-electron chi connectivity index (χ4n) is 1.65. The van der Waals surface area contributed by atoms with Gasteiger partial charge in [0, 0.05) is 24.7 Å². The monoisotopic (exact) mass is 312 g/mol. The Kier molecular flexibility index (Phi) is 5.92. The summed E-state index contributed by atoms with van der Waals surface area (Å²) in [4.78, 5) is 12.2. The summed E-state index contributed by atoms with van der Waals surface area (Å²) < 4.78 is 26.1. The average molecular weight is 312 g/mol.